The van der Waals surface area contributed by atoms with Crippen molar-refractivity contribution in [2.75, 3.05) is 42.9 Å². The average molecular weight is 704 g/mol. The van der Waals surface area contributed by atoms with Crippen molar-refractivity contribution in [3.63, 3.8) is 0 Å². The molecular weight excluding hydrogens is 650 g/mol. The summed E-state index contributed by atoms with van der Waals surface area (Å²) in [7, 11) is 0. The number of carbonyl (C=O) groups excluding carboxylic acids is 2. The molecule has 5 rings (SSSR count). The predicted octanol–water partition coefficient (Wildman–Crippen LogP) is 6.81. The first-order chi connectivity index (χ1) is 24.1. The molecule has 2 amide bonds. The Hall–Kier alpha value is -3.89. The first-order valence-electron chi connectivity index (χ1n) is 18.2. The molecule has 2 saturated heterocycles. The highest BCUT2D eigenvalue weighted by Crippen LogP contribution is 2.38. The highest BCUT2D eigenvalue weighted by Gasteiger charge is 2.32. The van der Waals surface area contributed by atoms with Gasteiger partial charge in [0.2, 0.25) is 17.8 Å². The molecule has 2 aliphatic rings. The van der Waals surface area contributed by atoms with E-state index in [4.69, 9.17) is 21.3 Å². The molecule has 0 saturated carbocycles. The zero-order valence-electron chi connectivity index (χ0n) is 30.3. The van der Waals surface area contributed by atoms with Gasteiger partial charge in [0.25, 0.3) is 0 Å². The molecule has 3 aromatic rings. The lowest BCUT2D eigenvalue weighted by Crippen LogP contribution is -2.44. The zero-order valence-corrected chi connectivity index (χ0v) is 31.0. The lowest BCUT2D eigenvalue weighted by molar-refractivity contribution is -0.122. The summed E-state index contributed by atoms with van der Waals surface area (Å²) >= 11 is 6.79. The first-order valence-corrected chi connectivity index (χ1v) is 18.6. The van der Waals surface area contributed by atoms with E-state index in [0.717, 1.165) is 55.8 Å². The molecule has 4 N–H and O–H groups in total. The summed E-state index contributed by atoms with van der Waals surface area (Å²) in [6.07, 6.45) is 6.18. The van der Waals surface area contributed by atoms with E-state index in [0.29, 0.717) is 61.7 Å². The van der Waals surface area contributed by atoms with E-state index in [1.165, 1.54) is 16.7 Å². The summed E-state index contributed by atoms with van der Waals surface area (Å²) in [5.41, 5.74) is 5.57. The number of carbonyl (C=O) groups is 2. The quantitative estimate of drug-likeness (QED) is 0.145. The van der Waals surface area contributed by atoms with E-state index in [1.807, 2.05) is 52.0 Å². The zero-order chi connectivity index (χ0) is 35.6. The smallest absolute Gasteiger partial charge is 0.229 e. The third-order valence-corrected chi connectivity index (χ3v) is 9.80. The maximum atomic E-state index is 13.2. The SMILES string of the molecule is CCCNC(=O)C[C@H]1C[C@@H](CC(=O)NCc2ccc(C)cc2)CN(c2nc(Nc3cc(C)c(C4CCNCC4)cc3OC(C)C)ncc2Cl)C1. The number of aryl methyl sites for hydroxylation is 2. The fourth-order valence-corrected chi connectivity index (χ4v) is 7.32. The lowest BCUT2D eigenvalue weighted by atomic mass is 9.85. The van der Waals surface area contributed by atoms with Crippen LogP contribution in [-0.4, -0.2) is 60.6 Å². The molecule has 11 heteroatoms. The number of hydrogen-bond donors (Lipinski definition) is 4. The minimum Gasteiger partial charge on any atom is -0.489 e. The third-order valence-electron chi connectivity index (χ3n) is 9.54. The number of piperidine rings is 2. The van der Waals surface area contributed by atoms with Crippen molar-refractivity contribution in [2.45, 2.75) is 91.7 Å². The van der Waals surface area contributed by atoms with Crippen LogP contribution in [0.5, 0.6) is 5.75 Å². The molecule has 2 aliphatic heterocycles. The Morgan fingerprint density at radius 1 is 1.02 bits per heavy atom. The van der Waals surface area contributed by atoms with Crippen LogP contribution in [-0.2, 0) is 16.1 Å². The van der Waals surface area contributed by atoms with Gasteiger partial charge in [0.15, 0.2) is 5.82 Å². The minimum atomic E-state index is -0.0104. The molecule has 2 fully saturated rings. The van der Waals surface area contributed by atoms with E-state index in [-0.39, 0.29) is 29.8 Å². The summed E-state index contributed by atoms with van der Waals surface area (Å²) in [4.78, 5) is 37.6. The Morgan fingerprint density at radius 2 is 1.70 bits per heavy atom. The summed E-state index contributed by atoms with van der Waals surface area (Å²) in [5, 5.41) is 13.4. The van der Waals surface area contributed by atoms with Crippen LogP contribution in [0.15, 0.2) is 42.6 Å². The van der Waals surface area contributed by atoms with Gasteiger partial charge in [-0.25, -0.2) is 4.98 Å². The molecule has 270 valence electrons. The molecule has 2 atom stereocenters. The van der Waals surface area contributed by atoms with Crippen molar-refractivity contribution in [3.8, 4) is 5.75 Å². The molecular formula is C39H54ClN7O3. The second kappa shape index (κ2) is 17.9. The second-order valence-corrected chi connectivity index (χ2v) is 14.7. The Bertz CT molecular complexity index is 1590. The van der Waals surface area contributed by atoms with Gasteiger partial charge in [-0.3, -0.25) is 9.59 Å². The molecule has 0 unspecified atom stereocenters. The van der Waals surface area contributed by atoms with Crippen molar-refractivity contribution in [1.29, 1.82) is 0 Å². The van der Waals surface area contributed by atoms with Crippen LogP contribution in [0, 0.1) is 25.7 Å². The lowest BCUT2D eigenvalue weighted by Gasteiger charge is -2.38. The van der Waals surface area contributed by atoms with Gasteiger partial charge < -0.3 is 30.9 Å². The molecule has 50 heavy (non-hydrogen) atoms. The van der Waals surface area contributed by atoms with E-state index in [2.05, 4.69) is 50.2 Å². The highest BCUT2D eigenvalue weighted by atomic mass is 35.5. The monoisotopic (exact) mass is 703 g/mol. The number of halogens is 1. The topological polar surface area (TPSA) is 121 Å². The number of anilines is 3. The fraction of sp³-hybridized carbons (Fsp3) is 0.538. The van der Waals surface area contributed by atoms with Gasteiger partial charge in [-0.15, -0.1) is 0 Å². The van der Waals surface area contributed by atoms with Crippen LogP contribution in [0.2, 0.25) is 5.02 Å². The average Bonchev–Trinajstić information content (AvgIpc) is 3.09. The Balaban J connectivity index is 1.35. The predicted molar refractivity (Wildman–Crippen MR) is 201 cm³/mol. The van der Waals surface area contributed by atoms with Crippen LogP contribution in [0.4, 0.5) is 17.5 Å². The summed E-state index contributed by atoms with van der Waals surface area (Å²) in [6, 6.07) is 12.5. The number of rotatable bonds is 14. The molecule has 0 radical (unpaired) electrons. The van der Waals surface area contributed by atoms with Crippen LogP contribution < -0.4 is 30.9 Å². The van der Waals surface area contributed by atoms with Gasteiger partial charge in [-0.2, -0.15) is 4.98 Å². The van der Waals surface area contributed by atoms with Gasteiger partial charge in [0.1, 0.15) is 10.8 Å². The number of aromatic nitrogens is 2. The van der Waals surface area contributed by atoms with Gasteiger partial charge in [-0.1, -0.05) is 48.4 Å². The van der Waals surface area contributed by atoms with Crippen LogP contribution >= 0.6 is 11.6 Å². The van der Waals surface area contributed by atoms with Gasteiger partial charge in [0.05, 0.1) is 18.0 Å². The van der Waals surface area contributed by atoms with Gasteiger partial charge in [0, 0.05) is 39.0 Å². The third kappa shape index (κ3) is 10.6. The van der Waals surface area contributed by atoms with Gasteiger partial charge >= 0.3 is 0 Å². The Kier molecular flexibility index (Phi) is 13.3. The normalized spacial score (nSPS) is 18.2. The van der Waals surface area contributed by atoms with Gasteiger partial charge in [-0.05, 0) is 113 Å². The number of nitrogens with one attached hydrogen (secondary N) is 4. The molecule has 2 aromatic carbocycles. The maximum Gasteiger partial charge on any atom is 0.229 e. The van der Waals surface area contributed by atoms with E-state index >= 15 is 0 Å². The number of hydrogen-bond acceptors (Lipinski definition) is 8. The first kappa shape index (κ1) is 37.4. The molecule has 3 heterocycles. The standard InChI is InChI=1S/C39H54ClN7O3/c1-6-13-42-36(48)18-29-17-30(19-37(49)43-21-28-9-7-26(4)8-10-28)24-47(23-29)38-33(40)22-44-39(46-38)45-34-16-27(5)32(20-35(34)50-25(2)3)31-11-14-41-15-12-31/h7-10,16,20,22,25,29-31,41H,6,11-15,17-19,21,23-24H2,1-5H3,(H,42,48)(H,43,49)(H,44,45,46)/t29-,30+/m1/s1. The molecule has 1 aromatic heterocycles. The maximum absolute atomic E-state index is 13.2. The Morgan fingerprint density at radius 3 is 2.36 bits per heavy atom. The van der Waals surface area contributed by atoms with Crippen LogP contribution in [0.25, 0.3) is 0 Å². The second-order valence-electron chi connectivity index (χ2n) is 14.3. The van der Waals surface area contributed by atoms with Crippen molar-refractivity contribution >= 4 is 40.9 Å². The van der Waals surface area contributed by atoms with Crippen molar-refractivity contribution in [2.24, 2.45) is 11.8 Å². The highest BCUT2D eigenvalue weighted by molar-refractivity contribution is 6.32. The molecule has 10 nitrogen and oxygen atoms in total. The largest absolute Gasteiger partial charge is 0.489 e. The van der Waals surface area contributed by atoms with E-state index in [9.17, 15) is 9.59 Å². The van der Waals surface area contributed by atoms with Crippen LogP contribution in [0.1, 0.15) is 87.5 Å². The molecule has 0 spiro atoms. The van der Waals surface area contributed by atoms with Crippen LogP contribution in [0.3, 0.4) is 0 Å². The fourth-order valence-electron chi connectivity index (χ4n) is 7.11. The van der Waals surface area contributed by atoms with E-state index in [1.54, 1.807) is 6.20 Å². The summed E-state index contributed by atoms with van der Waals surface area (Å²) in [6.45, 7) is 14.6. The number of benzene rings is 2. The van der Waals surface area contributed by atoms with Crippen molar-refractivity contribution in [3.05, 3.63) is 69.9 Å². The molecule has 0 aliphatic carbocycles. The summed E-state index contributed by atoms with van der Waals surface area (Å²) < 4.78 is 6.31. The Labute approximate surface area is 302 Å². The number of amides is 2. The number of nitrogens with zero attached hydrogens (tertiary/aromatic N) is 3. The molecule has 0 bridgehead atoms. The van der Waals surface area contributed by atoms with Crippen molar-refractivity contribution < 1.29 is 14.3 Å². The summed E-state index contributed by atoms with van der Waals surface area (Å²) in [5.74, 6) is 2.32. The van der Waals surface area contributed by atoms with E-state index < -0.39 is 0 Å². The minimum absolute atomic E-state index is 0.00772. The number of ether oxygens (including phenoxy) is 1. The van der Waals surface area contributed by atoms with Crippen molar-refractivity contribution in [1.82, 2.24) is 25.9 Å².